The van der Waals surface area contributed by atoms with Crippen molar-refractivity contribution in [3.05, 3.63) is 69.3 Å². The van der Waals surface area contributed by atoms with Crippen molar-refractivity contribution in [2.75, 3.05) is 5.43 Å². The summed E-state index contributed by atoms with van der Waals surface area (Å²) in [7, 11) is 0. The number of rotatable bonds is 5. The van der Waals surface area contributed by atoms with E-state index in [1.807, 2.05) is 19.9 Å². The van der Waals surface area contributed by atoms with E-state index in [2.05, 4.69) is 25.6 Å². The molecule has 0 aliphatic carbocycles. The van der Waals surface area contributed by atoms with E-state index in [0.29, 0.717) is 28.7 Å². The second-order valence-electron chi connectivity index (χ2n) is 6.11. The summed E-state index contributed by atoms with van der Waals surface area (Å²) in [6.07, 6.45) is 0. The third-order valence-corrected chi connectivity index (χ3v) is 3.86. The largest absolute Gasteiger partial charge is 0.270 e. The van der Waals surface area contributed by atoms with Gasteiger partial charge in [-0.2, -0.15) is 10.2 Å². The molecule has 138 valence electrons. The molecular weight excluding hydrogens is 346 g/mol. The summed E-state index contributed by atoms with van der Waals surface area (Å²) in [6, 6.07) is 10.0. The van der Waals surface area contributed by atoms with Gasteiger partial charge in [-0.15, -0.1) is 0 Å². The lowest BCUT2D eigenvalue weighted by Crippen LogP contribution is -2.07. The van der Waals surface area contributed by atoms with Crippen molar-refractivity contribution in [1.29, 1.82) is 0 Å². The van der Waals surface area contributed by atoms with Crippen LogP contribution in [0.3, 0.4) is 0 Å². The van der Waals surface area contributed by atoms with Gasteiger partial charge in [0, 0.05) is 29.5 Å². The van der Waals surface area contributed by atoms with E-state index in [0.717, 1.165) is 11.4 Å². The molecule has 0 atom stereocenters. The van der Waals surface area contributed by atoms with Gasteiger partial charge in [-0.25, -0.2) is 14.6 Å². The second-order valence-corrected chi connectivity index (χ2v) is 6.11. The summed E-state index contributed by atoms with van der Waals surface area (Å²) in [5.74, 6) is 1.72. The molecule has 0 fully saturated rings. The molecule has 0 bridgehead atoms. The number of anilines is 1. The predicted molar refractivity (Wildman–Crippen MR) is 102 cm³/mol. The van der Waals surface area contributed by atoms with Gasteiger partial charge in [-0.3, -0.25) is 15.5 Å². The van der Waals surface area contributed by atoms with Crippen LogP contribution in [-0.4, -0.2) is 30.4 Å². The van der Waals surface area contributed by atoms with Gasteiger partial charge in [0.1, 0.15) is 5.82 Å². The lowest BCUT2D eigenvalue weighted by Gasteiger charge is -2.08. The Morgan fingerprint density at radius 3 is 2.63 bits per heavy atom. The van der Waals surface area contributed by atoms with Gasteiger partial charge in [0.15, 0.2) is 11.6 Å². The Hall–Kier alpha value is -3.62. The first kappa shape index (κ1) is 18.2. The highest BCUT2D eigenvalue weighted by Gasteiger charge is 2.10. The van der Waals surface area contributed by atoms with Crippen LogP contribution in [0.15, 0.2) is 41.5 Å². The topological polar surface area (TPSA) is 111 Å². The van der Waals surface area contributed by atoms with Gasteiger partial charge in [0.25, 0.3) is 5.69 Å². The average Bonchev–Trinajstić information content (AvgIpc) is 2.97. The van der Waals surface area contributed by atoms with E-state index in [1.165, 1.54) is 12.1 Å². The van der Waals surface area contributed by atoms with Gasteiger partial charge in [-0.1, -0.05) is 12.1 Å². The number of aryl methyl sites for hydroxylation is 3. The maximum Gasteiger partial charge on any atom is 0.270 e. The van der Waals surface area contributed by atoms with E-state index in [1.54, 1.807) is 36.7 Å². The molecule has 3 aromatic rings. The summed E-state index contributed by atoms with van der Waals surface area (Å²) in [5, 5.41) is 19.6. The second kappa shape index (κ2) is 7.32. The molecule has 27 heavy (non-hydrogen) atoms. The Kier molecular flexibility index (Phi) is 4.93. The van der Waals surface area contributed by atoms with Crippen molar-refractivity contribution < 1.29 is 4.92 Å². The third-order valence-electron chi connectivity index (χ3n) is 3.86. The highest BCUT2D eigenvalue weighted by molar-refractivity contribution is 5.99. The van der Waals surface area contributed by atoms with Crippen molar-refractivity contribution in [2.45, 2.75) is 27.7 Å². The SMILES string of the molecule is CC(=NNc1cc(-n2nc(C)cc2C)nc(C)n1)c1cccc([N+](=O)[O-])c1. The molecule has 1 aromatic carbocycles. The predicted octanol–water partition coefficient (Wildman–Crippen LogP) is 3.33. The fourth-order valence-electron chi connectivity index (χ4n) is 2.63. The van der Waals surface area contributed by atoms with Crippen LogP contribution in [0, 0.1) is 30.9 Å². The summed E-state index contributed by atoms with van der Waals surface area (Å²) in [5.41, 5.74) is 6.03. The molecule has 3 rings (SSSR count). The first-order valence-electron chi connectivity index (χ1n) is 8.28. The molecule has 0 aliphatic rings. The normalized spacial score (nSPS) is 11.5. The number of hydrogen-bond acceptors (Lipinski definition) is 7. The lowest BCUT2D eigenvalue weighted by molar-refractivity contribution is -0.384. The fourth-order valence-corrected chi connectivity index (χ4v) is 2.63. The van der Waals surface area contributed by atoms with Crippen LogP contribution in [0.5, 0.6) is 0 Å². The van der Waals surface area contributed by atoms with Crippen LogP contribution >= 0.6 is 0 Å². The lowest BCUT2D eigenvalue weighted by atomic mass is 10.1. The highest BCUT2D eigenvalue weighted by atomic mass is 16.6. The van der Waals surface area contributed by atoms with Crippen LogP contribution in [-0.2, 0) is 0 Å². The average molecular weight is 365 g/mol. The molecule has 2 aromatic heterocycles. The Bertz CT molecular complexity index is 1040. The minimum absolute atomic E-state index is 0.0201. The number of nitrogens with zero attached hydrogens (tertiary/aromatic N) is 6. The van der Waals surface area contributed by atoms with Gasteiger partial charge < -0.3 is 0 Å². The third kappa shape index (κ3) is 4.14. The number of hydrazone groups is 1. The van der Waals surface area contributed by atoms with Gasteiger partial charge >= 0.3 is 0 Å². The maximum absolute atomic E-state index is 10.9. The number of benzene rings is 1. The van der Waals surface area contributed by atoms with Crippen molar-refractivity contribution >= 4 is 17.2 Å². The van der Waals surface area contributed by atoms with Crippen molar-refractivity contribution in [3.63, 3.8) is 0 Å². The fraction of sp³-hybridized carbons (Fsp3) is 0.222. The minimum atomic E-state index is -0.432. The number of non-ortho nitro benzene ring substituents is 1. The minimum Gasteiger partial charge on any atom is -0.261 e. The Labute approximate surface area is 155 Å². The van der Waals surface area contributed by atoms with E-state index in [9.17, 15) is 10.1 Å². The van der Waals surface area contributed by atoms with Gasteiger partial charge in [0.05, 0.1) is 16.3 Å². The first-order chi connectivity index (χ1) is 12.8. The monoisotopic (exact) mass is 365 g/mol. The number of hydrogen-bond donors (Lipinski definition) is 1. The quantitative estimate of drug-likeness (QED) is 0.422. The number of nitrogens with one attached hydrogen (secondary N) is 1. The molecule has 0 saturated heterocycles. The number of nitro groups is 1. The van der Waals surface area contributed by atoms with Crippen LogP contribution < -0.4 is 5.43 Å². The van der Waals surface area contributed by atoms with Crippen LogP contribution in [0.25, 0.3) is 5.82 Å². The smallest absolute Gasteiger partial charge is 0.261 e. The maximum atomic E-state index is 10.9. The van der Waals surface area contributed by atoms with Crippen LogP contribution in [0.1, 0.15) is 29.7 Å². The zero-order valence-electron chi connectivity index (χ0n) is 15.5. The zero-order chi connectivity index (χ0) is 19.6. The highest BCUT2D eigenvalue weighted by Crippen LogP contribution is 2.16. The van der Waals surface area contributed by atoms with Gasteiger partial charge in [-0.05, 0) is 33.8 Å². The molecule has 2 heterocycles. The molecule has 0 spiro atoms. The number of nitro benzene ring substituents is 1. The summed E-state index contributed by atoms with van der Waals surface area (Å²) < 4.78 is 1.74. The van der Waals surface area contributed by atoms with Crippen molar-refractivity contribution in [1.82, 2.24) is 19.7 Å². The molecule has 0 saturated carbocycles. The van der Waals surface area contributed by atoms with Crippen LogP contribution in [0.4, 0.5) is 11.5 Å². The van der Waals surface area contributed by atoms with E-state index < -0.39 is 4.92 Å². The molecular formula is C18H19N7O2. The zero-order valence-corrected chi connectivity index (χ0v) is 15.5. The molecule has 1 N–H and O–H groups in total. The van der Waals surface area contributed by atoms with Crippen LogP contribution in [0.2, 0.25) is 0 Å². The summed E-state index contributed by atoms with van der Waals surface area (Å²) >= 11 is 0. The molecule has 0 amide bonds. The summed E-state index contributed by atoms with van der Waals surface area (Å²) in [4.78, 5) is 19.2. The molecule has 0 radical (unpaired) electrons. The first-order valence-corrected chi connectivity index (χ1v) is 8.28. The van der Waals surface area contributed by atoms with Crippen molar-refractivity contribution in [3.8, 4) is 5.82 Å². The van der Waals surface area contributed by atoms with E-state index >= 15 is 0 Å². The Morgan fingerprint density at radius 2 is 1.96 bits per heavy atom. The standard InChI is InChI=1S/C18H19N7O2/c1-11-8-12(2)24(23-11)18-10-17(19-14(4)20-18)22-21-13(3)15-6-5-7-16(9-15)25(26)27/h5-10H,1-4H3,(H,19,20,22). The number of aromatic nitrogens is 4. The van der Waals surface area contributed by atoms with Gasteiger partial charge in [0.2, 0.25) is 0 Å². The molecule has 0 aliphatic heterocycles. The molecule has 9 nitrogen and oxygen atoms in total. The summed E-state index contributed by atoms with van der Waals surface area (Å²) in [6.45, 7) is 7.43. The van der Waals surface area contributed by atoms with E-state index in [4.69, 9.17) is 0 Å². The molecule has 0 unspecified atom stereocenters. The van der Waals surface area contributed by atoms with Crippen molar-refractivity contribution in [2.24, 2.45) is 5.10 Å². The van der Waals surface area contributed by atoms with E-state index in [-0.39, 0.29) is 5.69 Å². The Morgan fingerprint density at radius 1 is 1.19 bits per heavy atom. The molecule has 9 heteroatoms. The Balaban J connectivity index is 1.87.